The van der Waals surface area contributed by atoms with Crippen molar-refractivity contribution in [2.45, 2.75) is 52.9 Å². The zero-order valence-corrected chi connectivity index (χ0v) is 8.77. The van der Waals surface area contributed by atoms with Crippen LogP contribution in [-0.2, 0) is 0 Å². The van der Waals surface area contributed by atoms with E-state index in [-0.39, 0.29) is 0 Å². The molecule has 2 saturated carbocycles. The van der Waals surface area contributed by atoms with E-state index in [1.165, 1.54) is 32.1 Å². The second-order valence-corrected chi connectivity index (χ2v) is 4.90. The van der Waals surface area contributed by atoms with Crippen molar-refractivity contribution in [1.29, 1.82) is 0 Å². The molecule has 12 heavy (non-hydrogen) atoms. The van der Waals surface area contributed by atoms with E-state index < -0.39 is 0 Å². The normalized spacial score (nSPS) is 47.2. The lowest BCUT2D eigenvalue weighted by Gasteiger charge is -2.35. The first-order chi connectivity index (χ1) is 5.77. The van der Waals surface area contributed by atoms with Crippen LogP contribution in [0, 0.1) is 23.2 Å². The summed E-state index contributed by atoms with van der Waals surface area (Å²) in [6, 6.07) is 0. The summed E-state index contributed by atoms with van der Waals surface area (Å²) in [6.07, 6.45) is 7.45. The van der Waals surface area contributed by atoms with Gasteiger partial charge in [-0.25, -0.2) is 0 Å². The first kappa shape index (κ1) is 8.59. The average molecular weight is 166 g/mol. The highest BCUT2D eigenvalue weighted by Crippen LogP contribution is 2.70. The molecule has 0 heteroatoms. The zero-order chi connectivity index (χ0) is 8.77. The molecule has 0 bridgehead atoms. The monoisotopic (exact) mass is 166 g/mol. The largest absolute Gasteiger partial charge is 0.0651 e. The third kappa shape index (κ3) is 0.843. The molecule has 0 aromatic carbocycles. The molecule has 70 valence electrons. The molecule has 0 amide bonds. The fourth-order valence-electron chi connectivity index (χ4n) is 3.98. The Labute approximate surface area is 76.7 Å². The molecule has 0 radical (unpaired) electrons. The summed E-state index contributed by atoms with van der Waals surface area (Å²) in [4.78, 5) is 0. The van der Waals surface area contributed by atoms with E-state index in [2.05, 4.69) is 20.8 Å². The summed E-state index contributed by atoms with van der Waals surface area (Å²) in [5.41, 5.74) is 0.812. The third-order valence-electron chi connectivity index (χ3n) is 4.95. The molecular formula is C12H22. The minimum Gasteiger partial charge on any atom is -0.0651 e. The number of rotatable bonds is 3. The van der Waals surface area contributed by atoms with E-state index in [0.29, 0.717) is 0 Å². The van der Waals surface area contributed by atoms with Gasteiger partial charge in [-0.15, -0.1) is 0 Å². The Morgan fingerprint density at radius 3 is 2.17 bits per heavy atom. The van der Waals surface area contributed by atoms with Crippen LogP contribution < -0.4 is 0 Å². The van der Waals surface area contributed by atoms with Gasteiger partial charge in [-0.1, -0.05) is 33.6 Å². The van der Waals surface area contributed by atoms with Gasteiger partial charge in [0.15, 0.2) is 0 Å². The van der Waals surface area contributed by atoms with Gasteiger partial charge >= 0.3 is 0 Å². The maximum Gasteiger partial charge on any atom is -0.0212 e. The van der Waals surface area contributed by atoms with E-state index >= 15 is 0 Å². The molecule has 0 spiro atoms. The smallest absolute Gasteiger partial charge is 0.0212 e. The molecular weight excluding hydrogens is 144 g/mol. The van der Waals surface area contributed by atoms with Gasteiger partial charge in [-0.3, -0.25) is 0 Å². The van der Waals surface area contributed by atoms with Crippen LogP contribution in [0.5, 0.6) is 0 Å². The molecule has 2 fully saturated rings. The van der Waals surface area contributed by atoms with Gasteiger partial charge in [-0.2, -0.15) is 0 Å². The molecule has 3 unspecified atom stereocenters. The Balaban J connectivity index is 2.06. The molecule has 3 atom stereocenters. The lowest BCUT2D eigenvalue weighted by molar-refractivity contribution is 0.152. The summed E-state index contributed by atoms with van der Waals surface area (Å²) in [6.45, 7) is 7.26. The summed E-state index contributed by atoms with van der Waals surface area (Å²) in [5.74, 6) is 3.23. The van der Waals surface area contributed by atoms with Crippen LogP contribution in [0.3, 0.4) is 0 Å². The van der Waals surface area contributed by atoms with Crippen molar-refractivity contribution >= 4 is 0 Å². The average Bonchev–Trinajstić information content (AvgIpc) is 2.54. The lowest BCUT2D eigenvalue weighted by atomic mass is 9.70. The van der Waals surface area contributed by atoms with Crippen molar-refractivity contribution in [3.63, 3.8) is 0 Å². The van der Waals surface area contributed by atoms with Crippen molar-refractivity contribution in [1.82, 2.24) is 0 Å². The van der Waals surface area contributed by atoms with E-state index in [1.54, 1.807) is 0 Å². The fourth-order valence-corrected chi connectivity index (χ4v) is 3.98. The summed E-state index contributed by atoms with van der Waals surface area (Å²) in [5, 5.41) is 0. The van der Waals surface area contributed by atoms with Crippen LogP contribution in [0.1, 0.15) is 52.9 Å². The Bertz CT molecular complexity index is 162. The zero-order valence-electron chi connectivity index (χ0n) is 8.77. The second kappa shape index (κ2) is 2.75. The summed E-state index contributed by atoms with van der Waals surface area (Å²) in [7, 11) is 0. The van der Waals surface area contributed by atoms with E-state index in [9.17, 15) is 0 Å². The highest BCUT2D eigenvalue weighted by molar-refractivity contribution is 5.11. The van der Waals surface area contributed by atoms with Crippen molar-refractivity contribution in [3.8, 4) is 0 Å². The minimum atomic E-state index is 0.812. The van der Waals surface area contributed by atoms with Gasteiger partial charge in [0, 0.05) is 0 Å². The molecule has 0 saturated heterocycles. The van der Waals surface area contributed by atoms with Crippen molar-refractivity contribution < 1.29 is 0 Å². The predicted molar refractivity (Wildman–Crippen MR) is 53.0 cm³/mol. The Morgan fingerprint density at radius 2 is 1.92 bits per heavy atom. The van der Waals surface area contributed by atoms with E-state index in [0.717, 1.165) is 23.2 Å². The van der Waals surface area contributed by atoms with Crippen LogP contribution in [0.15, 0.2) is 0 Å². The molecule has 0 aliphatic heterocycles. The standard InChI is InChI=1S/C12H22/c1-4-11-9(3)12(11,5-2)10-7-6-8-10/h9-11H,4-8H2,1-3H3. The Hall–Kier alpha value is 0. The Morgan fingerprint density at radius 1 is 1.25 bits per heavy atom. The summed E-state index contributed by atoms with van der Waals surface area (Å²) >= 11 is 0. The van der Waals surface area contributed by atoms with Gasteiger partial charge in [0.1, 0.15) is 0 Å². The van der Waals surface area contributed by atoms with Crippen molar-refractivity contribution in [2.24, 2.45) is 23.2 Å². The number of hydrogen-bond acceptors (Lipinski definition) is 0. The first-order valence-electron chi connectivity index (χ1n) is 5.77. The van der Waals surface area contributed by atoms with Crippen LogP contribution in [0.4, 0.5) is 0 Å². The summed E-state index contributed by atoms with van der Waals surface area (Å²) < 4.78 is 0. The molecule has 0 aromatic rings. The van der Waals surface area contributed by atoms with Crippen LogP contribution in [0.2, 0.25) is 0 Å². The van der Waals surface area contributed by atoms with Crippen LogP contribution in [0.25, 0.3) is 0 Å². The number of hydrogen-bond donors (Lipinski definition) is 0. The lowest BCUT2D eigenvalue weighted by Crippen LogP contribution is -2.25. The second-order valence-electron chi connectivity index (χ2n) is 4.90. The fraction of sp³-hybridized carbons (Fsp3) is 1.00. The van der Waals surface area contributed by atoms with Crippen molar-refractivity contribution in [2.75, 3.05) is 0 Å². The molecule has 2 aliphatic rings. The minimum absolute atomic E-state index is 0.812. The molecule has 0 heterocycles. The molecule has 0 nitrogen and oxygen atoms in total. The SMILES string of the molecule is CCC1C(C)C1(CC)C1CCC1. The topological polar surface area (TPSA) is 0 Å². The van der Waals surface area contributed by atoms with E-state index in [4.69, 9.17) is 0 Å². The van der Waals surface area contributed by atoms with Crippen LogP contribution >= 0.6 is 0 Å². The molecule has 2 rings (SSSR count). The van der Waals surface area contributed by atoms with Gasteiger partial charge < -0.3 is 0 Å². The van der Waals surface area contributed by atoms with E-state index in [1.807, 2.05) is 0 Å². The maximum absolute atomic E-state index is 2.48. The maximum atomic E-state index is 2.48. The van der Waals surface area contributed by atoms with Gasteiger partial charge in [0.25, 0.3) is 0 Å². The molecule has 2 aliphatic carbocycles. The first-order valence-corrected chi connectivity index (χ1v) is 5.77. The highest BCUT2D eigenvalue weighted by atomic mass is 14.7. The quantitative estimate of drug-likeness (QED) is 0.597. The van der Waals surface area contributed by atoms with Crippen LogP contribution in [-0.4, -0.2) is 0 Å². The molecule has 0 aromatic heterocycles. The predicted octanol–water partition coefficient (Wildman–Crippen LogP) is 3.86. The van der Waals surface area contributed by atoms with Gasteiger partial charge in [0.05, 0.1) is 0 Å². The third-order valence-corrected chi connectivity index (χ3v) is 4.95. The van der Waals surface area contributed by atoms with Gasteiger partial charge in [0.2, 0.25) is 0 Å². The Kier molecular flexibility index (Phi) is 1.97. The highest BCUT2D eigenvalue weighted by Gasteiger charge is 2.63. The van der Waals surface area contributed by atoms with Gasteiger partial charge in [-0.05, 0) is 42.4 Å². The van der Waals surface area contributed by atoms with Crippen molar-refractivity contribution in [3.05, 3.63) is 0 Å². The molecule has 0 N–H and O–H groups in total.